The van der Waals surface area contributed by atoms with Crippen molar-refractivity contribution in [3.05, 3.63) is 29.0 Å². The van der Waals surface area contributed by atoms with E-state index in [1.165, 1.54) is 0 Å². The van der Waals surface area contributed by atoms with Crippen LogP contribution in [0.25, 0.3) is 0 Å². The smallest absolute Gasteiger partial charge is 0.315 e. The zero-order valence-electron chi connectivity index (χ0n) is 11.4. The summed E-state index contributed by atoms with van der Waals surface area (Å²) in [5.41, 5.74) is -0.0609. The number of nitrogens with one attached hydrogen (secondary N) is 2. The molecular formula is C13H20ClN3O2. The number of carbonyl (C=O) groups is 1. The normalized spacial score (nSPS) is 14.0. The average molecular weight is 286 g/mol. The van der Waals surface area contributed by atoms with Crippen LogP contribution in [0.1, 0.15) is 26.3 Å². The Morgan fingerprint density at radius 2 is 2.16 bits per heavy atom. The fourth-order valence-corrected chi connectivity index (χ4v) is 1.33. The number of carbonyl (C=O) groups excluding carboxylic acids is 1. The van der Waals surface area contributed by atoms with E-state index in [1.54, 1.807) is 25.3 Å². The molecule has 0 saturated heterocycles. The third-order valence-corrected chi connectivity index (χ3v) is 3.32. The van der Waals surface area contributed by atoms with Crippen LogP contribution < -0.4 is 10.6 Å². The van der Waals surface area contributed by atoms with E-state index in [0.29, 0.717) is 11.7 Å². The van der Waals surface area contributed by atoms with E-state index >= 15 is 0 Å². The monoisotopic (exact) mass is 285 g/mol. The number of amides is 2. The topological polar surface area (TPSA) is 74.2 Å². The fraction of sp³-hybridized carbons (Fsp3) is 0.538. The third-order valence-electron chi connectivity index (χ3n) is 3.09. The Bertz CT molecular complexity index is 418. The third kappa shape index (κ3) is 5.44. The summed E-state index contributed by atoms with van der Waals surface area (Å²) in [6, 6.07) is 3.13. The first-order valence-corrected chi connectivity index (χ1v) is 6.53. The first kappa shape index (κ1) is 15.7. The van der Waals surface area contributed by atoms with E-state index in [4.69, 9.17) is 11.6 Å². The molecule has 1 aromatic heterocycles. The van der Waals surface area contributed by atoms with E-state index in [0.717, 1.165) is 5.56 Å². The molecular weight excluding hydrogens is 266 g/mol. The number of pyridine rings is 1. The molecule has 0 aromatic carbocycles. The van der Waals surface area contributed by atoms with Crippen molar-refractivity contribution in [1.29, 1.82) is 0 Å². The minimum atomic E-state index is -0.917. The van der Waals surface area contributed by atoms with Crippen molar-refractivity contribution >= 4 is 17.6 Å². The van der Waals surface area contributed by atoms with Gasteiger partial charge in [-0.05, 0) is 24.5 Å². The Balaban J connectivity index is 2.34. The minimum Gasteiger partial charge on any atom is -0.388 e. The van der Waals surface area contributed by atoms with Crippen molar-refractivity contribution in [2.45, 2.75) is 32.9 Å². The molecule has 1 unspecified atom stereocenters. The molecule has 1 heterocycles. The predicted octanol–water partition coefficient (Wildman–Crippen LogP) is 1.94. The Kier molecular flexibility index (Phi) is 5.57. The zero-order valence-corrected chi connectivity index (χ0v) is 12.2. The molecule has 1 atom stereocenters. The summed E-state index contributed by atoms with van der Waals surface area (Å²) in [5.74, 6) is 0.0632. The molecule has 106 valence electrons. The molecule has 5 nitrogen and oxygen atoms in total. The van der Waals surface area contributed by atoms with E-state index in [1.807, 2.05) is 13.8 Å². The van der Waals surface area contributed by atoms with E-state index < -0.39 is 5.60 Å². The van der Waals surface area contributed by atoms with Crippen molar-refractivity contribution in [2.75, 3.05) is 6.54 Å². The van der Waals surface area contributed by atoms with Gasteiger partial charge in [-0.2, -0.15) is 0 Å². The predicted molar refractivity (Wildman–Crippen MR) is 74.9 cm³/mol. The van der Waals surface area contributed by atoms with Gasteiger partial charge in [-0.15, -0.1) is 0 Å². The average Bonchev–Trinajstić information content (AvgIpc) is 2.35. The zero-order chi connectivity index (χ0) is 14.5. The molecule has 1 rings (SSSR count). The van der Waals surface area contributed by atoms with Crippen LogP contribution in [-0.4, -0.2) is 28.3 Å². The number of hydrogen-bond acceptors (Lipinski definition) is 3. The number of urea groups is 1. The van der Waals surface area contributed by atoms with E-state index in [9.17, 15) is 9.90 Å². The van der Waals surface area contributed by atoms with Crippen molar-refractivity contribution < 1.29 is 9.90 Å². The standard InChI is InChI=1S/C13H20ClN3O2/c1-9(2)13(3,19)8-17-12(18)16-7-10-4-5-11(14)15-6-10/h4-6,9,19H,7-8H2,1-3H3,(H2,16,17,18). The van der Waals surface area contributed by atoms with Crippen LogP contribution >= 0.6 is 11.6 Å². The van der Waals surface area contributed by atoms with Crippen molar-refractivity contribution in [1.82, 2.24) is 15.6 Å². The van der Waals surface area contributed by atoms with E-state index in [2.05, 4.69) is 15.6 Å². The molecule has 0 aliphatic heterocycles. The molecule has 0 aliphatic rings. The quantitative estimate of drug-likeness (QED) is 0.724. The Labute approximate surface area is 118 Å². The summed E-state index contributed by atoms with van der Waals surface area (Å²) in [6.45, 7) is 6.06. The molecule has 6 heteroatoms. The molecule has 0 saturated carbocycles. The molecule has 3 N–H and O–H groups in total. The summed E-state index contributed by atoms with van der Waals surface area (Å²) < 4.78 is 0. The lowest BCUT2D eigenvalue weighted by Crippen LogP contribution is -2.47. The number of hydrogen-bond donors (Lipinski definition) is 3. The van der Waals surface area contributed by atoms with Crippen molar-refractivity contribution in [3.8, 4) is 0 Å². The van der Waals surface area contributed by atoms with Gasteiger partial charge in [0.25, 0.3) is 0 Å². The van der Waals surface area contributed by atoms with Crippen LogP contribution in [0.2, 0.25) is 5.15 Å². The van der Waals surface area contributed by atoms with Crippen LogP contribution in [0, 0.1) is 5.92 Å². The summed E-state index contributed by atoms with van der Waals surface area (Å²) in [5, 5.41) is 15.7. The minimum absolute atomic E-state index is 0.0632. The first-order valence-electron chi connectivity index (χ1n) is 6.16. The Morgan fingerprint density at radius 3 is 2.68 bits per heavy atom. The molecule has 19 heavy (non-hydrogen) atoms. The second-order valence-electron chi connectivity index (χ2n) is 5.04. The highest BCUT2D eigenvalue weighted by Gasteiger charge is 2.25. The number of aromatic nitrogens is 1. The largest absolute Gasteiger partial charge is 0.388 e. The number of halogens is 1. The van der Waals surface area contributed by atoms with Crippen LogP contribution in [0.15, 0.2) is 18.3 Å². The van der Waals surface area contributed by atoms with Gasteiger partial charge in [0.05, 0.1) is 5.60 Å². The highest BCUT2D eigenvalue weighted by Crippen LogP contribution is 2.14. The summed E-state index contributed by atoms with van der Waals surface area (Å²) in [6.07, 6.45) is 1.60. The van der Waals surface area contributed by atoms with Gasteiger partial charge in [0.15, 0.2) is 0 Å². The molecule has 1 aromatic rings. The summed E-state index contributed by atoms with van der Waals surface area (Å²) in [7, 11) is 0. The van der Waals surface area contributed by atoms with Crippen LogP contribution in [0.5, 0.6) is 0 Å². The maximum atomic E-state index is 11.6. The maximum absolute atomic E-state index is 11.6. The van der Waals surface area contributed by atoms with Crippen LogP contribution in [0.4, 0.5) is 4.79 Å². The molecule has 0 aliphatic carbocycles. The summed E-state index contributed by atoms with van der Waals surface area (Å²) >= 11 is 5.67. The summed E-state index contributed by atoms with van der Waals surface area (Å²) in [4.78, 5) is 15.5. The molecule has 2 amide bonds. The van der Waals surface area contributed by atoms with Gasteiger partial charge in [0.1, 0.15) is 5.15 Å². The molecule has 0 radical (unpaired) electrons. The Hall–Kier alpha value is -1.33. The van der Waals surface area contributed by atoms with Crippen LogP contribution in [-0.2, 0) is 6.54 Å². The van der Waals surface area contributed by atoms with E-state index in [-0.39, 0.29) is 18.5 Å². The van der Waals surface area contributed by atoms with Gasteiger partial charge in [-0.3, -0.25) is 0 Å². The van der Waals surface area contributed by atoms with Gasteiger partial charge in [0.2, 0.25) is 0 Å². The lowest BCUT2D eigenvalue weighted by atomic mass is 9.93. The lowest BCUT2D eigenvalue weighted by Gasteiger charge is -2.27. The highest BCUT2D eigenvalue weighted by atomic mass is 35.5. The second kappa shape index (κ2) is 6.73. The van der Waals surface area contributed by atoms with Gasteiger partial charge in [-0.25, -0.2) is 9.78 Å². The molecule has 0 fully saturated rings. The van der Waals surface area contributed by atoms with Gasteiger partial charge in [-0.1, -0.05) is 31.5 Å². The van der Waals surface area contributed by atoms with Crippen LogP contribution in [0.3, 0.4) is 0 Å². The number of rotatable bonds is 5. The van der Waals surface area contributed by atoms with Gasteiger partial charge in [0, 0.05) is 19.3 Å². The second-order valence-corrected chi connectivity index (χ2v) is 5.42. The lowest BCUT2D eigenvalue weighted by molar-refractivity contribution is 0.0166. The first-order chi connectivity index (χ1) is 8.81. The van der Waals surface area contributed by atoms with Crippen molar-refractivity contribution in [3.63, 3.8) is 0 Å². The van der Waals surface area contributed by atoms with Gasteiger partial charge >= 0.3 is 6.03 Å². The Morgan fingerprint density at radius 1 is 1.47 bits per heavy atom. The number of aliphatic hydroxyl groups is 1. The maximum Gasteiger partial charge on any atom is 0.315 e. The van der Waals surface area contributed by atoms with Gasteiger partial charge < -0.3 is 15.7 Å². The van der Waals surface area contributed by atoms with Crippen molar-refractivity contribution in [2.24, 2.45) is 5.92 Å². The highest BCUT2D eigenvalue weighted by molar-refractivity contribution is 6.29. The fourth-order valence-electron chi connectivity index (χ4n) is 1.22. The SMILES string of the molecule is CC(C)C(C)(O)CNC(=O)NCc1ccc(Cl)nc1. The number of nitrogens with zero attached hydrogens (tertiary/aromatic N) is 1. The molecule has 0 spiro atoms. The molecule has 0 bridgehead atoms.